The Kier molecular flexibility index (Phi) is 6.45. The van der Waals surface area contributed by atoms with Crippen molar-refractivity contribution in [3.63, 3.8) is 0 Å². The Morgan fingerprint density at radius 3 is 2.41 bits per heavy atom. The molecule has 0 bridgehead atoms. The van der Waals surface area contributed by atoms with Crippen LogP contribution in [0.25, 0.3) is 0 Å². The zero-order chi connectivity index (χ0) is 19.1. The van der Waals surface area contributed by atoms with Crippen LogP contribution in [0, 0.1) is 5.82 Å². The molecule has 1 aliphatic carbocycles. The highest BCUT2D eigenvalue weighted by atomic mass is 19.1. The number of ether oxygens (including phenoxy) is 2. The van der Waals surface area contributed by atoms with Gasteiger partial charge in [-0.2, -0.15) is 0 Å². The van der Waals surface area contributed by atoms with Crippen LogP contribution in [-0.2, 0) is 14.9 Å². The van der Waals surface area contributed by atoms with Crippen LogP contribution in [-0.4, -0.2) is 26.2 Å². The van der Waals surface area contributed by atoms with Crippen molar-refractivity contribution >= 4 is 11.6 Å². The van der Waals surface area contributed by atoms with Crippen molar-refractivity contribution in [2.24, 2.45) is 0 Å². The van der Waals surface area contributed by atoms with Gasteiger partial charge in [0.15, 0.2) is 0 Å². The molecule has 4 nitrogen and oxygen atoms in total. The van der Waals surface area contributed by atoms with Gasteiger partial charge in [-0.05, 0) is 43.2 Å². The molecule has 1 aliphatic rings. The molecule has 0 unspecified atom stereocenters. The summed E-state index contributed by atoms with van der Waals surface area (Å²) in [6.45, 7) is 0.988. The first-order valence-corrected chi connectivity index (χ1v) is 9.44. The van der Waals surface area contributed by atoms with Crippen molar-refractivity contribution < 1.29 is 18.7 Å². The van der Waals surface area contributed by atoms with Crippen LogP contribution in [0.1, 0.15) is 37.7 Å². The lowest BCUT2D eigenvalue weighted by atomic mass is 9.68. The van der Waals surface area contributed by atoms with Crippen LogP contribution in [0.15, 0.2) is 48.5 Å². The second-order valence-electron chi connectivity index (χ2n) is 6.94. The molecule has 1 amide bonds. The third kappa shape index (κ3) is 4.48. The molecule has 27 heavy (non-hydrogen) atoms. The molecular formula is C22H26FNO3. The van der Waals surface area contributed by atoms with Gasteiger partial charge in [0.25, 0.3) is 0 Å². The van der Waals surface area contributed by atoms with Gasteiger partial charge in [0.1, 0.15) is 18.2 Å². The number of carbonyl (C=O) groups excluding carboxylic acids is 1. The minimum absolute atomic E-state index is 0.139. The molecule has 144 valence electrons. The Morgan fingerprint density at radius 1 is 1.04 bits per heavy atom. The molecule has 5 heteroatoms. The van der Waals surface area contributed by atoms with Gasteiger partial charge in [-0.3, -0.25) is 4.79 Å². The van der Waals surface area contributed by atoms with E-state index in [9.17, 15) is 9.18 Å². The van der Waals surface area contributed by atoms with Crippen molar-refractivity contribution in [2.45, 2.75) is 37.5 Å². The predicted molar refractivity (Wildman–Crippen MR) is 104 cm³/mol. The highest BCUT2D eigenvalue weighted by Crippen LogP contribution is 2.41. The van der Waals surface area contributed by atoms with E-state index in [0.29, 0.717) is 43.1 Å². The van der Waals surface area contributed by atoms with E-state index in [0.717, 1.165) is 19.3 Å². The lowest BCUT2D eigenvalue weighted by Gasteiger charge is -2.36. The minimum atomic E-state index is -0.808. The molecule has 0 spiro atoms. The summed E-state index contributed by atoms with van der Waals surface area (Å²) in [6.07, 6.45) is 4.26. The number of hydrogen-bond donors (Lipinski definition) is 1. The highest BCUT2D eigenvalue weighted by molar-refractivity contribution is 5.99. The summed E-state index contributed by atoms with van der Waals surface area (Å²) in [5, 5.41) is 2.99. The number of nitrogens with one attached hydrogen (secondary N) is 1. The van der Waals surface area contributed by atoms with E-state index < -0.39 is 5.41 Å². The van der Waals surface area contributed by atoms with Crippen molar-refractivity contribution in [1.29, 1.82) is 0 Å². The lowest BCUT2D eigenvalue weighted by molar-refractivity contribution is -0.122. The predicted octanol–water partition coefficient (Wildman–Crippen LogP) is 4.69. The van der Waals surface area contributed by atoms with E-state index in [2.05, 4.69) is 5.32 Å². The van der Waals surface area contributed by atoms with Gasteiger partial charge in [0.05, 0.1) is 12.0 Å². The van der Waals surface area contributed by atoms with Crippen molar-refractivity contribution in [2.75, 3.05) is 25.6 Å². The normalized spacial score (nSPS) is 15.9. The molecule has 2 aromatic rings. The lowest BCUT2D eigenvalue weighted by Crippen LogP contribution is -2.42. The van der Waals surface area contributed by atoms with Crippen LogP contribution < -0.4 is 10.1 Å². The second kappa shape index (κ2) is 9.00. The third-order valence-corrected chi connectivity index (χ3v) is 5.20. The molecule has 1 saturated carbocycles. The topological polar surface area (TPSA) is 47.6 Å². The molecule has 0 aliphatic heterocycles. The van der Waals surface area contributed by atoms with Crippen LogP contribution in [0.2, 0.25) is 0 Å². The number of rotatable bonds is 7. The van der Waals surface area contributed by atoms with E-state index in [1.165, 1.54) is 6.07 Å². The summed E-state index contributed by atoms with van der Waals surface area (Å²) in [7, 11) is 1.62. The summed E-state index contributed by atoms with van der Waals surface area (Å²) < 4.78 is 25.0. The summed E-state index contributed by atoms with van der Waals surface area (Å²) in [6, 6.07) is 13.9. The number of anilines is 1. The first-order valence-electron chi connectivity index (χ1n) is 9.44. The number of hydrogen-bond acceptors (Lipinski definition) is 3. The van der Waals surface area contributed by atoms with E-state index in [1.807, 2.05) is 12.1 Å². The zero-order valence-electron chi connectivity index (χ0n) is 15.7. The van der Waals surface area contributed by atoms with E-state index in [1.54, 1.807) is 37.4 Å². The molecule has 1 N–H and O–H groups in total. The van der Waals surface area contributed by atoms with Gasteiger partial charge in [-0.1, -0.05) is 37.5 Å². The van der Waals surface area contributed by atoms with Crippen LogP contribution in [0.3, 0.4) is 0 Å². The molecular weight excluding hydrogens is 345 g/mol. The zero-order valence-corrected chi connectivity index (χ0v) is 15.7. The van der Waals surface area contributed by atoms with Gasteiger partial charge in [0, 0.05) is 18.4 Å². The number of benzene rings is 2. The van der Waals surface area contributed by atoms with Crippen molar-refractivity contribution in [3.05, 3.63) is 59.9 Å². The van der Waals surface area contributed by atoms with E-state index >= 15 is 0 Å². The first kappa shape index (κ1) is 19.4. The van der Waals surface area contributed by atoms with Gasteiger partial charge in [-0.25, -0.2) is 4.39 Å². The fourth-order valence-electron chi connectivity index (χ4n) is 3.75. The van der Waals surface area contributed by atoms with Gasteiger partial charge in [-0.15, -0.1) is 0 Å². The second-order valence-corrected chi connectivity index (χ2v) is 6.94. The minimum Gasteiger partial charge on any atom is -0.491 e. The fraction of sp³-hybridized carbons (Fsp3) is 0.409. The van der Waals surface area contributed by atoms with E-state index in [4.69, 9.17) is 9.47 Å². The Balaban J connectivity index is 1.76. The monoisotopic (exact) mass is 371 g/mol. The van der Waals surface area contributed by atoms with Crippen molar-refractivity contribution in [1.82, 2.24) is 0 Å². The van der Waals surface area contributed by atoms with Crippen molar-refractivity contribution in [3.8, 4) is 5.75 Å². The smallest absolute Gasteiger partial charge is 0.235 e. The molecule has 0 heterocycles. The van der Waals surface area contributed by atoms with Crippen LogP contribution in [0.5, 0.6) is 5.75 Å². The number of methoxy groups -OCH3 is 1. The van der Waals surface area contributed by atoms with Crippen LogP contribution >= 0.6 is 0 Å². The summed E-state index contributed by atoms with van der Waals surface area (Å²) in [5.41, 5.74) is 0.374. The average molecular weight is 371 g/mol. The fourth-order valence-corrected chi connectivity index (χ4v) is 3.75. The number of amides is 1. The van der Waals surface area contributed by atoms with Gasteiger partial charge >= 0.3 is 0 Å². The van der Waals surface area contributed by atoms with Gasteiger partial charge in [0.2, 0.25) is 5.91 Å². The SMILES string of the molecule is COCCOc1ccc(NC(=O)C2(c3ccccc3F)CCCCC2)cc1. The average Bonchev–Trinajstić information content (AvgIpc) is 2.70. The summed E-state index contributed by atoms with van der Waals surface area (Å²) in [4.78, 5) is 13.2. The molecule has 1 fully saturated rings. The molecule has 0 radical (unpaired) electrons. The standard InChI is InChI=1S/C22H26FNO3/c1-26-15-16-27-18-11-9-17(10-12-18)24-21(25)22(13-5-2-6-14-22)19-7-3-4-8-20(19)23/h3-4,7-12H,2,5-6,13-16H2,1H3,(H,24,25). The highest BCUT2D eigenvalue weighted by Gasteiger charge is 2.42. The molecule has 0 atom stereocenters. The summed E-state index contributed by atoms with van der Waals surface area (Å²) in [5.74, 6) is 0.267. The van der Waals surface area contributed by atoms with E-state index in [-0.39, 0.29) is 11.7 Å². The van der Waals surface area contributed by atoms with Crippen LogP contribution in [0.4, 0.5) is 10.1 Å². The maximum absolute atomic E-state index is 14.5. The maximum atomic E-state index is 14.5. The Bertz CT molecular complexity index is 754. The number of carbonyl (C=O) groups is 1. The number of halogens is 1. The molecule has 2 aromatic carbocycles. The largest absolute Gasteiger partial charge is 0.491 e. The Labute approximate surface area is 159 Å². The molecule has 0 saturated heterocycles. The quantitative estimate of drug-likeness (QED) is 0.718. The first-order chi connectivity index (χ1) is 13.2. The summed E-state index contributed by atoms with van der Waals surface area (Å²) >= 11 is 0. The molecule has 0 aromatic heterocycles. The maximum Gasteiger partial charge on any atom is 0.235 e. The van der Waals surface area contributed by atoms with Gasteiger partial charge < -0.3 is 14.8 Å². The Morgan fingerprint density at radius 2 is 1.74 bits per heavy atom. The Hall–Kier alpha value is -2.40. The third-order valence-electron chi connectivity index (χ3n) is 5.20. The molecule has 3 rings (SSSR count).